The Labute approximate surface area is 211 Å². The van der Waals surface area contributed by atoms with E-state index in [0.717, 1.165) is 58.3 Å². The number of carbonyl (C=O) groups is 1. The van der Waals surface area contributed by atoms with Crippen LogP contribution in [0.15, 0.2) is 48.8 Å². The monoisotopic (exact) mass is 498 g/mol. The molecule has 0 saturated heterocycles. The summed E-state index contributed by atoms with van der Waals surface area (Å²) in [6.45, 7) is 3.90. The summed E-state index contributed by atoms with van der Waals surface area (Å²) in [6, 6.07) is 11.2. The fourth-order valence-electron chi connectivity index (χ4n) is 5.27. The molecule has 1 aliphatic heterocycles. The number of hydrogen-bond donors (Lipinski definition) is 0. The lowest BCUT2D eigenvalue weighted by molar-refractivity contribution is 0.0992. The van der Waals surface area contributed by atoms with Crippen molar-refractivity contribution in [2.24, 2.45) is 7.05 Å². The first-order valence-electron chi connectivity index (χ1n) is 11.9. The zero-order chi connectivity index (χ0) is 24.7. The summed E-state index contributed by atoms with van der Waals surface area (Å²) in [5, 5.41) is 18.5. The Bertz CT molecular complexity index is 1670. The molecule has 4 aromatic heterocycles. The maximum Gasteiger partial charge on any atom is 0.263 e. The van der Waals surface area contributed by atoms with Crippen LogP contribution in [0.25, 0.3) is 11.5 Å². The number of carbonyl (C=O) groups excluding carboxylic acids is 1. The molecule has 0 spiro atoms. The van der Waals surface area contributed by atoms with Crippen LogP contribution in [-0.2, 0) is 7.05 Å². The molecule has 1 atom stereocenters. The molecule has 1 fully saturated rings. The van der Waals surface area contributed by atoms with Crippen molar-refractivity contribution in [1.82, 2.24) is 34.2 Å². The predicted molar refractivity (Wildman–Crippen MR) is 135 cm³/mol. The minimum atomic E-state index is -0.395. The van der Waals surface area contributed by atoms with Crippen molar-refractivity contribution < 1.29 is 4.79 Å². The second-order valence-electron chi connectivity index (χ2n) is 9.60. The molecular weight excluding hydrogens is 476 g/mol. The fourth-order valence-corrected chi connectivity index (χ4v) is 5.40. The van der Waals surface area contributed by atoms with Crippen molar-refractivity contribution in [3.05, 3.63) is 87.7 Å². The van der Waals surface area contributed by atoms with E-state index in [9.17, 15) is 4.79 Å². The first-order valence-corrected chi connectivity index (χ1v) is 12.3. The van der Waals surface area contributed by atoms with Crippen LogP contribution >= 0.6 is 11.6 Å². The summed E-state index contributed by atoms with van der Waals surface area (Å²) in [6.07, 6.45) is 5.78. The van der Waals surface area contributed by atoms with Gasteiger partial charge in [-0.2, -0.15) is 10.2 Å². The topological polar surface area (TPSA) is 86.1 Å². The van der Waals surface area contributed by atoms with E-state index in [1.807, 2.05) is 77.5 Å². The van der Waals surface area contributed by atoms with Gasteiger partial charge in [0.2, 0.25) is 0 Å². The molecule has 7 rings (SSSR count). The summed E-state index contributed by atoms with van der Waals surface area (Å²) < 4.78 is 5.63. The Morgan fingerprint density at radius 1 is 1.06 bits per heavy atom. The highest BCUT2D eigenvalue weighted by molar-refractivity contribution is 6.30. The number of amides is 1. The molecule has 10 heteroatoms. The van der Waals surface area contributed by atoms with E-state index in [-0.39, 0.29) is 5.91 Å². The van der Waals surface area contributed by atoms with Gasteiger partial charge in [-0.15, -0.1) is 10.2 Å². The minimum Gasteiger partial charge on any atom is -0.293 e. The van der Waals surface area contributed by atoms with Gasteiger partial charge in [-0.05, 0) is 56.0 Å². The first-order chi connectivity index (χ1) is 17.4. The van der Waals surface area contributed by atoms with Crippen molar-refractivity contribution in [2.75, 3.05) is 4.90 Å². The number of pyridine rings is 1. The molecule has 36 heavy (non-hydrogen) atoms. The third kappa shape index (κ3) is 2.99. The highest BCUT2D eigenvalue weighted by atomic mass is 35.5. The van der Waals surface area contributed by atoms with Gasteiger partial charge in [-0.3, -0.25) is 18.8 Å². The van der Waals surface area contributed by atoms with E-state index in [0.29, 0.717) is 16.5 Å². The molecule has 5 heterocycles. The van der Waals surface area contributed by atoms with Crippen molar-refractivity contribution >= 4 is 28.8 Å². The Balaban J connectivity index is 1.51. The molecular formula is C26H23ClN8O. The van der Waals surface area contributed by atoms with Gasteiger partial charge in [-0.1, -0.05) is 23.7 Å². The first kappa shape index (κ1) is 21.3. The predicted octanol–water partition coefficient (Wildman–Crippen LogP) is 4.55. The second kappa shape index (κ2) is 7.51. The van der Waals surface area contributed by atoms with Gasteiger partial charge >= 0.3 is 0 Å². The molecule has 5 aromatic rings. The molecule has 1 unspecified atom stereocenters. The summed E-state index contributed by atoms with van der Waals surface area (Å²) in [4.78, 5) is 16.2. The van der Waals surface area contributed by atoms with Gasteiger partial charge in [0.15, 0.2) is 11.5 Å². The number of anilines is 1. The molecule has 180 valence electrons. The fraction of sp³-hybridized carbons (Fsp3) is 0.269. The number of halogens is 1. The average molecular weight is 499 g/mol. The average Bonchev–Trinajstić information content (AvgIpc) is 3.17. The minimum absolute atomic E-state index is 0.0512. The zero-order valence-electron chi connectivity index (χ0n) is 20.1. The lowest BCUT2D eigenvalue weighted by Crippen LogP contribution is -2.30. The van der Waals surface area contributed by atoms with E-state index < -0.39 is 6.04 Å². The lowest BCUT2D eigenvalue weighted by atomic mass is 10.0. The van der Waals surface area contributed by atoms with Gasteiger partial charge in [0, 0.05) is 30.3 Å². The summed E-state index contributed by atoms with van der Waals surface area (Å²) >= 11 is 6.25. The molecule has 0 N–H and O–H groups in total. The molecule has 1 aliphatic carbocycles. The third-order valence-electron chi connectivity index (χ3n) is 7.18. The number of benzene rings is 1. The van der Waals surface area contributed by atoms with E-state index in [2.05, 4.69) is 15.3 Å². The van der Waals surface area contributed by atoms with Gasteiger partial charge in [0.05, 0.1) is 28.8 Å². The largest absolute Gasteiger partial charge is 0.293 e. The van der Waals surface area contributed by atoms with E-state index in [1.54, 1.807) is 10.9 Å². The van der Waals surface area contributed by atoms with Crippen LogP contribution in [0.5, 0.6) is 0 Å². The Morgan fingerprint density at radius 2 is 1.83 bits per heavy atom. The van der Waals surface area contributed by atoms with Crippen LogP contribution in [0.1, 0.15) is 63.5 Å². The molecule has 1 saturated carbocycles. The Hall–Kier alpha value is -3.98. The molecule has 1 amide bonds. The number of fused-ring (bicyclic) bond motifs is 2. The van der Waals surface area contributed by atoms with Gasteiger partial charge in [-0.25, -0.2) is 4.68 Å². The number of aryl methyl sites for hydroxylation is 3. The van der Waals surface area contributed by atoms with E-state index in [4.69, 9.17) is 16.7 Å². The number of rotatable bonds is 4. The smallest absolute Gasteiger partial charge is 0.263 e. The molecule has 0 radical (unpaired) electrons. The lowest BCUT2D eigenvalue weighted by Gasteiger charge is -2.27. The zero-order valence-corrected chi connectivity index (χ0v) is 20.8. The van der Waals surface area contributed by atoms with Gasteiger partial charge < -0.3 is 0 Å². The Morgan fingerprint density at radius 3 is 2.53 bits per heavy atom. The summed E-state index contributed by atoms with van der Waals surface area (Å²) in [5.41, 5.74) is 5.88. The summed E-state index contributed by atoms with van der Waals surface area (Å²) in [5.74, 6) is 1.83. The van der Waals surface area contributed by atoms with E-state index >= 15 is 0 Å². The van der Waals surface area contributed by atoms with Gasteiger partial charge in [0.25, 0.3) is 5.91 Å². The third-order valence-corrected chi connectivity index (χ3v) is 7.43. The van der Waals surface area contributed by atoms with Crippen LogP contribution in [0.2, 0.25) is 5.02 Å². The van der Waals surface area contributed by atoms with Crippen LogP contribution in [-0.4, -0.2) is 40.1 Å². The highest BCUT2D eigenvalue weighted by Gasteiger charge is 2.47. The van der Waals surface area contributed by atoms with Crippen LogP contribution in [0, 0.1) is 13.8 Å². The maximum absolute atomic E-state index is 14.3. The normalized spacial score (nSPS) is 17.4. The SMILES string of the molecule is Cc1cc(N2C(=O)c3c(C4CC4)nn(-c4ccnn4C)c3C2c2ccc(Cl)cc2)cn2c(C)nnc12. The molecule has 9 nitrogen and oxygen atoms in total. The molecule has 0 bridgehead atoms. The molecule has 1 aromatic carbocycles. The van der Waals surface area contributed by atoms with Gasteiger partial charge in [0.1, 0.15) is 11.9 Å². The number of aromatic nitrogens is 7. The highest BCUT2D eigenvalue weighted by Crippen LogP contribution is 2.49. The van der Waals surface area contributed by atoms with Crippen molar-refractivity contribution in [2.45, 2.75) is 38.6 Å². The standard InChI is InChI=1S/C26H23ClN8O/c1-14-12-19(13-33-15(2)29-30-25(14)33)34-23(17-6-8-18(27)9-7-17)24-21(26(34)36)22(16-4-5-16)31-35(24)20-10-11-28-32(20)3/h6-13,16,23H,4-5H2,1-3H3. The van der Waals surface area contributed by atoms with Crippen LogP contribution < -0.4 is 4.90 Å². The molecule has 2 aliphatic rings. The number of nitrogens with zero attached hydrogens (tertiary/aromatic N) is 8. The van der Waals surface area contributed by atoms with Crippen molar-refractivity contribution in [1.29, 1.82) is 0 Å². The van der Waals surface area contributed by atoms with Crippen LogP contribution in [0.3, 0.4) is 0 Å². The maximum atomic E-state index is 14.3. The van der Waals surface area contributed by atoms with Crippen LogP contribution in [0.4, 0.5) is 5.69 Å². The summed E-state index contributed by atoms with van der Waals surface area (Å²) in [7, 11) is 1.89. The quantitative estimate of drug-likeness (QED) is 0.363. The van der Waals surface area contributed by atoms with Crippen molar-refractivity contribution in [3.63, 3.8) is 0 Å². The Kier molecular flexibility index (Phi) is 4.45. The second-order valence-corrected chi connectivity index (χ2v) is 10.0. The van der Waals surface area contributed by atoms with Crippen molar-refractivity contribution in [3.8, 4) is 5.82 Å². The van der Waals surface area contributed by atoms with E-state index in [1.165, 1.54) is 0 Å². The number of hydrogen-bond acceptors (Lipinski definition) is 5.